The number of hydrogen-bond donors (Lipinski definition) is 1. The molecule has 0 aromatic carbocycles. The molecule has 1 amide bonds. The molecule has 0 fully saturated rings. The summed E-state index contributed by atoms with van der Waals surface area (Å²) < 4.78 is 24.7. The summed E-state index contributed by atoms with van der Waals surface area (Å²) >= 11 is 0. The zero-order valence-corrected chi connectivity index (χ0v) is 16.4. The van der Waals surface area contributed by atoms with E-state index in [1.54, 1.807) is 36.5 Å². The van der Waals surface area contributed by atoms with Gasteiger partial charge >= 0.3 is 11.8 Å². The minimum absolute atomic E-state index is 0.00632. The predicted octanol–water partition coefficient (Wildman–Crippen LogP) is 1.18. The van der Waals surface area contributed by atoms with Crippen molar-refractivity contribution >= 4 is 6.09 Å². The number of rotatable bonds is 6. The van der Waals surface area contributed by atoms with Crippen LogP contribution in [0.15, 0.2) is 59.6 Å². The second kappa shape index (κ2) is 9.84. The molecule has 11 heteroatoms. The minimum Gasteiger partial charge on any atom is -0.481 e. The molecule has 3 aromatic heterocycles. The lowest BCUT2D eigenvalue weighted by Gasteiger charge is -2.05. The SMILES string of the molecule is COc1ccc(C#Cc2cccc(-n3cnn(C/C(=C\F)COC(N)=O)c3=O)n2)cn1. The Hall–Kier alpha value is -4.46. The quantitative estimate of drug-likeness (QED) is 0.589. The molecule has 3 heterocycles. The molecule has 0 saturated carbocycles. The minimum atomic E-state index is -1.05. The van der Waals surface area contributed by atoms with Crippen molar-refractivity contribution in [2.75, 3.05) is 13.7 Å². The molecule has 0 bridgehead atoms. The highest BCUT2D eigenvalue weighted by molar-refractivity contribution is 5.64. The van der Waals surface area contributed by atoms with Crippen LogP contribution in [0.4, 0.5) is 9.18 Å². The predicted molar refractivity (Wildman–Crippen MR) is 107 cm³/mol. The van der Waals surface area contributed by atoms with Crippen LogP contribution < -0.4 is 16.2 Å². The average Bonchev–Trinajstić information content (AvgIpc) is 3.15. The van der Waals surface area contributed by atoms with E-state index in [2.05, 4.69) is 31.6 Å². The van der Waals surface area contributed by atoms with E-state index in [4.69, 9.17) is 10.5 Å². The lowest BCUT2D eigenvalue weighted by atomic mass is 10.2. The number of pyridine rings is 2. The molecule has 0 spiro atoms. The monoisotopic (exact) mass is 424 g/mol. The summed E-state index contributed by atoms with van der Waals surface area (Å²) in [5, 5.41) is 3.94. The van der Waals surface area contributed by atoms with Crippen LogP contribution in [-0.4, -0.2) is 44.1 Å². The van der Waals surface area contributed by atoms with Gasteiger partial charge in [-0.1, -0.05) is 12.0 Å². The molecule has 0 aliphatic heterocycles. The van der Waals surface area contributed by atoms with Crippen LogP contribution in [0, 0.1) is 11.8 Å². The largest absolute Gasteiger partial charge is 0.481 e. The third kappa shape index (κ3) is 5.54. The van der Waals surface area contributed by atoms with Crippen LogP contribution >= 0.6 is 0 Å². The molecule has 0 saturated heterocycles. The van der Waals surface area contributed by atoms with Crippen LogP contribution in [0.1, 0.15) is 11.3 Å². The number of ether oxygens (including phenoxy) is 2. The Kier molecular flexibility index (Phi) is 6.74. The number of carbonyl (C=O) groups is 1. The molecule has 31 heavy (non-hydrogen) atoms. The van der Waals surface area contributed by atoms with Gasteiger partial charge < -0.3 is 15.2 Å². The lowest BCUT2D eigenvalue weighted by Crippen LogP contribution is -2.26. The Balaban J connectivity index is 1.79. The third-order valence-corrected chi connectivity index (χ3v) is 3.90. The fourth-order valence-electron chi connectivity index (χ4n) is 2.41. The Morgan fingerprint density at radius 1 is 1.29 bits per heavy atom. The van der Waals surface area contributed by atoms with Gasteiger partial charge in [0, 0.05) is 23.4 Å². The third-order valence-electron chi connectivity index (χ3n) is 3.90. The maximum atomic E-state index is 13.0. The Bertz CT molecular complexity index is 1220. The summed E-state index contributed by atoms with van der Waals surface area (Å²) in [5.41, 5.74) is 5.40. The smallest absolute Gasteiger partial charge is 0.404 e. The molecule has 0 radical (unpaired) electrons. The standard InChI is InChI=1S/C20H17FN6O4/c1-30-18-8-6-14(10-23-18)5-7-16-3-2-4-17(25-16)26-13-24-27(20(26)29)11-15(9-21)12-31-19(22)28/h2-4,6,8-10,13H,11-12H2,1H3,(H2,22,28)/b15-9+. The van der Waals surface area contributed by atoms with E-state index in [9.17, 15) is 14.0 Å². The summed E-state index contributed by atoms with van der Waals surface area (Å²) in [7, 11) is 1.52. The van der Waals surface area contributed by atoms with E-state index >= 15 is 0 Å². The molecule has 0 unspecified atom stereocenters. The van der Waals surface area contributed by atoms with E-state index < -0.39 is 18.4 Å². The van der Waals surface area contributed by atoms with Crippen molar-refractivity contribution in [1.82, 2.24) is 24.3 Å². The maximum Gasteiger partial charge on any atom is 0.404 e. The second-order valence-electron chi connectivity index (χ2n) is 6.04. The van der Waals surface area contributed by atoms with Crippen molar-refractivity contribution < 1.29 is 18.7 Å². The first-order valence-electron chi connectivity index (χ1n) is 8.84. The van der Waals surface area contributed by atoms with Gasteiger partial charge in [0.15, 0.2) is 0 Å². The van der Waals surface area contributed by atoms with E-state index in [1.165, 1.54) is 18.0 Å². The van der Waals surface area contributed by atoms with Crippen molar-refractivity contribution in [3.8, 4) is 23.5 Å². The van der Waals surface area contributed by atoms with Gasteiger partial charge in [-0.3, -0.25) is 0 Å². The Labute approximate surface area is 175 Å². The Morgan fingerprint density at radius 3 is 2.81 bits per heavy atom. The van der Waals surface area contributed by atoms with Crippen molar-refractivity contribution in [2.24, 2.45) is 5.73 Å². The number of nitrogens with zero attached hydrogens (tertiary/aromatic N) is 5. The van der Waals surface area contributed by atoms with Crippen molar-refractivity contribution in [1.29, 1.82) is 0 Å². The van der Waals surface area contributed by atoms with Crippen LogP contribution in [0.25, 0.3) is 5.82 Å². The fourth-order valence-corrected chi connectivity index (χ4v) is 2.41. The molecular weight excluding hydrogens is 407 g/mol. The molecule has 158 valence electrons. The first-order valence-corrected chi connectivity index (χ1v) is 8.84. The molecular formula is C20H17FN6O4. The first-order chi connectivity index (χ1) is 15.0. The van der Waals surface area contributed by atoms with Crippen molar-refractivity contribution in [3.05, 3.63) is 76.5 Å². The van der Waals surface area contributed by atoms with Crippen molar-refractivity contribution in [2.45, 2.75) is 6.54 Å². The summed E-state index contributed by atoms with van der Waals surface area (Å²) in [6.45, 7) is -0.617. The van der Waals surface area contributed by atoms with E-state index in [1.807, 2.05) is 0 Å². The van der Waals surface area contributed by atoms with Crippen LogP contribution in [0.5, 0.6) is 5.88 Å². The molecule has 2 N–H and O–H groups in total. The topological polar surface area (TPSA) is 127 Å². The highest BCUT2D eigenvalue weighted by Gasteiger charge is 2.11. The average molecular weight is 424 g/mol. The van der Waals surface area contributed by atoms with Crippen LogP contribution in [0.3, 0.4) is 0 Å². The highest BCUT2D eigenvalue weighted by Crippen LogP contribution is 2.07. The van der Waals surface area contributed by atoms with Gasteiger partial charge in [0.1, 0.15) is 24.4 Å². The molecule has 0 atom stereocenters. The molecule has 0 aliphatic carbocycles. The summed E-state index contributed by atoms with van der Waals surface area (Å²) in [5.74, 6) is 6.60. The van der Waals surface area contributed by atoms with Gasteiger partial charge in [0.05, 0.1) is 20.0 Å². The van der Waals surface area contributed by atoms with Crippen molar-refractivity contribution in [3.63, 3.8) is 0 Å². The number of primary amides is 1. The summed E-state index contributed by atoms with van der Waals surface area (Å²) in [4.78, 5) is 31.7. The van der Waals surface area contributed by atoms with Gasteiger partial charge in [-0.2, -0.15) is 5.10 Å². The second-order valence-corrected chi connectivity index (χ2v) is 6.04. The summed E-state index contributed by atoms with van der Waals surface area (Å²) in [6.07, 6.45) is 2.00. The normalized spacial score (nSPS) is 10.8. The van der Waals surface area contributed by atoms with E-state index in [0.29, 0.717) is 17.1 Å². The number of hydrogen-bond acceptors (Lipinski definition) is 7. The summed E-state index contributed by atoms with van der Waals surface area (Å²) in [6, 6.07) is 8.44. The van der Waals surface area contributed by atoms with Crippen LogP contribution in [0.2, 0.25) is 0 Å². The van der Waals surface area contributed by atoms with E-state index in [0.717, 1.165) is 4.68 Å². The molecule has 10 nitrogen and oxygen atoms in total. The number of carbonyl (C=O) groups excluding carboxylic acids is 1. The highest BCUT2D eigenvalue weighted by atomic mass is 19.1. The van der Waals surface area contributed by atoms with Gasteiger partial charge in [-0.05, 0) is 24.1 Å². The van der Waals surface area contributed by atoms with Crippen LogP contribution in [-0.2, 0) is 11.3 Å². The van der Waals surface area contributed by atoms with E-state index in [-0.39, 0.29) is 24.3 Å². The molecule has 3 aromatic rings. The fraction of sp³-hybridized carbons (Fsp3) is 0.150. The van der Waals surface area contributed by atoms with Gasteiger partial charge in [-0.25, -0.2) is 33.2 Å². The number of halogens is 1. The maximum absolute atomic E-state index is 13.0. The number of aromatic nitrogens is 5. The number of amides is 1. The number of methoxy groups -OCH3 is 1. The zero-order valence-electron chi connectivity index (χ0n) is 16.4. The molecule has 3 rings (SSSR count). The van der Waals surface area contributed by atoms with Gasteiger partial charge in [0.2, 0.25) is 5.88 Å². The first kappa shape index (κ1) is 21.3. The van der Waals surface area contributed by atoms with Gasteiger partial charge in [0.25, 0.3) is 0 Å². The van der Waals surface area contributed by atoms with Gasteiger partial charge in [-0.15, -0.1) is 0 Å². The molecule has 0 aliphatic rings. The number of nitrogens with two attached hydrogens (primary N) is 1. The zero-order chi connectivity index (χ0) is 22.2. The lowest BCUT2D eigenvalue weighted by molar-refractivity contribution is 0.164. The Morgan fingerprint density at radius 2 is 2.13 bits per heavy atom.